The Morgan fingerprint density at radius 1 is 1.70 bits per heavy atom. The van der Waals surface area contributed by atoms with Crippen LogP contribution in [0.3, 0.4) is 0 Å². The van der Waals surface area contributed by atoms with Crippen molar-refractivity contribution in [3.63, 3.8) is 0 Å². The van der Waals surface area contributed by atoms with Crippen molar-refractivity contribution in [2.75, 3.05) is 0 Å². The summed E-state index contributed by atoms with van der Waals surface area (Å²) < 4.78 is 0. The number of rotatable bonds is 0. The van der Waals surface area contributed by atoms with Gasteiger partial charge in [0, 0.05) is 18.4 Å². The van der Waals surface area contributed by atoms with E-state index < -0.39 is 0 Å². The van der Waals surface area contributed by atoms with Crippen LogP contribution in [-0.2, 0) is 0 Å². The van der Waals surface area contributed by atoms with E-state index in [0.717, 1.165) is 6.42 Å². The third-order valence-electron chi connectivity index (χ3n) is 2.51. The highest BCUT2D eigenvalue weighted by Crippen LogP contribution is 2.46. The molecule has 2 N–H and O–H groups in total. The molecule has 1 aliphatic heterocycles. The van der Waals surface area contributed by atoms with Gasteiger partial charge in [0.1, 0.15) is 0 Å². The van der Waals surface area contributed by atoms with Gasteiger partial charge in [-0.3, -0.25) is 5.41 Å². The zero-order valence-corrected chi connectivity index (χ0v) is 6.65. The Labute approximate surface area is 65.5 Å². The Bertz CT molecular complexity index is 170. The third kappa shape index (κ3) is 0.749. The maximum absolute atomic E-state index is 7.40. The van der Waals surface area contributed by atoms with Gasteiger partial charge in [-0.1, -0.05) is 6.92 Å². The SMILES string of the molecule is CC1CC(=N)N[C@@H]2[C@H](Cl)[C@@H]12. The van der Waals surface area contributed by atoms with Crippen LogP contribution < -0.4 is 5.32 Å². The van der Waals surface area contributed by atoms with E-state index in [0.29, 0.717) is 23.7 Å². The van der Waals surface area contributed by atoms with Crippen LogP contribution in [0, 0.1) is 17.2 Å². The summed E-state index contributed by atoms with van der Waals surface area (Å²) in [6.07, 6.45) is 0.879. The highest BCUT2D eigenvalue weighted by Gasteiger charge is 2.54. The smallest absolute Gasteiger partial charge is 0.0937 e. The number of nitrogens with one attached hydrogen (secondary N) is 2. The van der Waals surface area contributed by atoms with Gasteiger partial charge in [0.05, 0.1) is 11.2 Å². The molecule has 1 heterocycles. The molecule has 0 radical (unpaired) electrons. The van der Waals surface area contributed by atoms with Crippen molar-refractivity contribution in [2.45, 2.75) is 24.8 Å². The van der Waals surface area contributed by atoms with Crippen LogP contribution >= 0.6 is 11.6 Å². The fraction of sp³-hybridized carbons (Fsp3) is 0.857. The maximum atomic E-state index is 7.40. The van der Waals surface area contributed by atoms with Crippen LogP contribution in [-0.4, -0.2) is 17.3 Å². The Morgan fingerprint density at radius 3 is 3.00 bits per heavy atom. The molecule has 10 heavy (non-hydrogen) atoms. The van der Waals surface area contributed by atoms with Gasteiger partial charge >= 0.3 is 0 Å². The van der Waals surface area contributed by atoms with Crippen molar-refractivity contribution in [2.24, 2.45) is 11.8 Å². The Hall–Kier alpha value is -0.240. The first-order chi connectivity index (χ1) is 4.70. The number of fused-ring (bicyclic) bond motifs is 1. The van der Waals surface area contributed by atoms with Gasteiger partial charge < -0.3 is 5.32 Å². The topological polar surface area (TPSA) is 35.9 Å². The molecule has 2 aliphatic rings. The van der Waals surface area contributed by atoms with E-state index >= 15 is 0 Å². The zero-order chi connectivity index (χ0) is 7.30. The molecule has 2 rings (SSSR count). The van der Waals surface area contributed by atoms with E-state index in [1.54, 1.807) is 0 Å². The van der Waals surface area contributed by atoms with Crippen molar-refractivity contribution < 1.29 is 0 Å². The summed E-state index contributed by atoms with van der Waals surface area (Å²) in [7, 11) is 0. The first kappa shape index (κ1) is 6.47. The number of piperidine rings is 1. The van der Waals surface area contributed by atoms with E-state index in [-0.39, 0.29) is 5.38 Å². The number of halogens is 1. The van der Waals surface area contributed by atoms with Gasteiger partial charge in [0.2, 0.25) is 0 Å². The predicted molar refractivity (Wildman–Crippen MR) is 41.6 cm³/mol. The Kier molecular flexibility index (Phi) is 1.21. The third-order valence-corrected chi connectivity index (χ3v) is 3.07. The van der Waals surface area contributed by atoms with Crippen molar-refractivity contribution in [1.29, 1.82) is 5.41 Å². The van der Waals surface area contributed by atoms with Gasteiger partial charge in [0.25, 0.3) is 0 Å². The van der Waals surface area contributed by atoms with Crippen molar-refractivity contribution >= 4 is 17.4 Å². The molecule has 1 unspecified atom stereocenters. The van der Waals surface area contributed by atoms with E-state index in [4.69, 9.17) is 17.0 Å². The second-order valence-corrected chi connectivity index (χ2v) is 3.86. The zero-order valence-electron chi connectivity index (χ0n) is 5.89. The lowest BCUT2D eigenvalue weighted by Gasteiger charge is -2.18. The first-order valence-electron chi connectivity index (χ1n) is 3.68. The normalized spacial score (nSPS) is 51.6. The Morgan fingerprint density at radius 2 is 2.40 bits per heavy atom. The molecule has 2 nitrogen and oxygen atoms in total. The monoisotopic (exact) mass is 158 g/mol. The van der Waals surface area contributed by atoms with Crippen LogP contribution in [0.5, 0.6) is 0 Å². The van der Waals surface area contributed by atoms with Crippen molar-refractivity contribution in [1.82, 2.24) is 5.32 Å². The minimum atomic E-state index is 0.290. The van der Waals surface area contributed by atoms with Crippen LogP contribution in [0.15, 0.2) is 0 Å². The molecular formula is C7H11ClN2. The minimum absolute atomic E-state index is 0.290. The highest BCUT2D eigenvalue weighted by molar-refractivity contribution is 6.24. The lowest BCUT2D eigenvalue weighted by molar-refractivity contribution is 0.473. The fourth-order valence-corrected chi connectivity index (χ4v) is 2.41. The van der Waals surface area contributed by atoms with Gasteiger partial charge in [-0.2, -0.15) is 0 Å². The minimum Gasteiger partial charge on any atom is -0.369 e. The molecule has 56 valence electrons. The van der Waals surface area contributed by atoms with E-state index in [1.165, 1.54) is 0 Å². The second kappa shape index (κ2) is 1.88. The fourth-order valence-electron chi connectivity index (χ4n) is 1.86. The molecule has 2 fully saturated rings. The standard InChI is InChI=1S/C7H11ClN2/c1-3-2-4(9)10-7-5(3)6(7)8/h3,5-7H,2H2,1H3,(H2,9,10)/t3?,5-,6-,7+/m1/s1. The first-order valence-corrected chi connectivity index (χ1v) is 4.12. The molecule has 1 aliphatic carbocycles. The molecule has 0 aromatic rings. The summed E-state index contributed by atoms with van der Waals surface area (Å²) in [5.41, 5.74) is 0. The van der Waals surface area contributed by atoms with Crippen molar-refractivity contribution in [3.8, 4) is 0 Å². The van der Waals surface area contributed by atoms with E-state index in [1.807, 2.05) is 0 Å². The largest absolute Gasteiger partial charge is 0.369 e. The maximum Gasteiger partial charge on any atom is 0.0937 e. The summed E-state index contributed by atoms with van der Waals surface area (Å²) in [4.78, 5) is 0. The summed E-state index contributed by atoms with van der Waals surface area (Å²) >= 11 is 5.96. The second-order valence-electron chi connectivity index (χ2n) is 3.35. The summed E-state index contributed by atoms with van der Waals surface area (Å²) in [6.45, 7) is 2.18. The molecule has 0 spiro atoms. The number of hydrogen-bond acceptors (Lipinski definition) is 1. The average molecular weight is 159 g/mol. The molecule has 0 aromatic heterocycles. The lowest BCUT2D eigenvalue weighted by Crippen LogP contribution is -2.33. The predicted octanol–water partition coefficient (Wildman–Crippen LogP) is 1.20. The van der Waals surface area contributed by atoms with Gasteiger partial charge in [-0.05, 0) is 5.92 Å². The molecule has 3 heteroatoms. The van der Waals surface area contributed by atoms with Gasteiger partial charge in [-0.25, -0.2) is 0 Å². The van der Waals surface area contributed by atoms with Crippen LogP contribution in [0.4, 0.5) is 0 Å². The van der Waals surface area contributed by atoms with E-state index in [9.17, 15) is 0 Å². The Balaban J connectivity index is 2.09. The van der Waals surface area contributed by atoms with Crippen LogP contribution in [0.1, 0.15) is 13.3 Å². The van der Waals surface area contributed by atoms with Crippen LogP contribution in [0.25, 0.3) is 0 Å². The van der Waals surface area contributed by atoms with Gasteiger partial charge in [-0.15, -0.1) is 11.6 Å². The summed E-state index contributed by atoms with van der Waals surface area (Å²) in [6, 6.07) is 0.415. The molecule has 1 saturated carbocycles. The number of amidine groups is 1. The lowest BCUT2D eigenvalue weighted by atomic mass is 9.98. The quantitative estimate of drug-likeness (QED) is 0.511. The summed E-state index contributed by atoms with van der Waals surface area (Å²) in [5, 5.41) is 10.8. The van der Waals surface area contributed by atoms with Crippen LogP contribution in [0.2, 0.25) is 0 Å². The molecule has 0 aromatic carbocycles. The number of alkyl halides is 1. The highest BCUT2D eigenvalue weighted by atomic mass is 35.5. The molecular weight excluding hydrogens is 148 g/mol. The molecule has 0 amide bonds. The molecule has 0 bridgehead atoms. The summed E-state index contributed by atoms with van der Waals surface area (Å²) in [5.74, 6) is 1.91. The number of hydrogen-bond donors (Lipinski definition) is 2. The average Bonchev–Trinajstić information content (AvgIpc) is 2.42. The molecule has 4 atom stereocenters. The van der Waals surface area contributed by atoms with Crippen molar-refractivity contribution in [3.05, 3.63) is 0 Å². The van der Waals surface area contributed by atoms with E-state index in [2.05, 4.69) is 12.2 Å². The molecule has 1 saturated heterocycles. The van der Waals surface area contributed by atoms with Gasteiger partial charge in [0.15, 0.2) is 0 Å².